The molecule has 0 radical (unpaired) electrons. The predicted octanol–water partition coefficient (Wildman–Crippen LogP) is 8.21. The van der Waals surface area contributed by atoms with E-state index >= 15 is 0 Å². The molecule has 35 heavy (non-hydrogen) atoms. The van der Waals surface area contributed by atoms with Crippen molar-refractivity contribution in [2.45, 2.75) is 25.7 Å². The summed E-state index contributed by atoms with van der Waals surface area (Å²) in [6.45, 7) is 0. The number of hydrogen-bond acceptors (Lipinski definition) is 5. The Balaban J connectivity index is 1.20. The Bertz CT molecular complexity index is 1490. The molecule has 0 saturated carbocycles. The first-order valence-electron chi connectivity index (χ1n) is 11.8. The number of aryl methyl sites for hydroxylation is 2. The van der Waals surface area contributed by atoms with Gasteiger partial charge in [-0.3, -0.25) is 0 Å². The molecule has 0 unspecified atom stereocenters. The van der Waals surface area contributed by atoms with Crippen LogP contribution in [0.15, 0.2) is 84.2 Å². The standard InChI is InChI=1S/C29H23ClN4S/c30-25-11-4-3-10-24(25)29-32-27(18-35-29)21-8-5-9-23(17-21)31-28-15-14-26(33-34-28)22-13-12-19-6-1-2-7-20(19)16-22/h3-5,8-18H,1-2,6-7H2,(H,31,34). The molecule has 2 heterocycles. The van der Waals surface area contributed by atoms with Gasteiger partial charge in [-0.05, 0) is 73.2 Å². The summed E-state index contributed by atoms with van der Waals surface area (Å²) in [5.41, 5.74) is 8.79. The van der Waals surface area contributed by atoms with Crippen molar-refractivity contribution in [3.63, 3.8) is 0 Å². The minimum absolute atomic E-state index is 0.707. The zero-order chi connectivity index (χ0) is 23.6. The van der Waals surface area contributed by atoms with Crippen LogP contribution in [-0.2, 0) is 12.8 Å². The molecule has 0 atom stereocenters. The average Bonchev–Trinajstić information content (AvgIpc) is 3.40. The lowest BCUT2D eigenvalue weighted by molar-refractivity contribution is 0.686. The molecule has 6 rings (SSSR count). The van der Waals surface area contributed by atoms with Gasteiger partial charge < -0.3 is 5.32 Å². The number of anilines is 2. The van der Waals surface area contributed by atoms with Crippen molar-refractivity contribution in [2.24, 2.45) is 0 Å². The number of thiazole rings is 1. The summed E-state index contributed by atoms with van der Waals surface area (Å²) in [6, 6.07) is 26.6. The molecule has 3 aromatic carbocycles. The van der Waals surface area contributed by atoms with Crippen LogP contribution in [0.5, 0.6) is 0 Å². The van der Waals surface area contributed by atoms with E-state index in [1.807, 2.05) is 48.5 Å². The Morgan fingerprint density at radius 2 is 1.60 bits per heavy atom. The quantitative estimate of drug-likeness (QED) is 0.267. The first-order chi connectivity index (χ1) is 17.2. The average molecular weight is 495 g/mol. The maximum Gasteiger partial charge on any atom is 0.153 e. The first-order valence-corrected chi connectivity index (χ1v) is 13.0. The number of benzene rings is 3. The van der Waals surface area contributed by atoms with E-state index in [4.69, 9.17) is 16.6 Å². The Hall–Kier alpha value is -3.54. The van der Waals surface area contributed by atoms with Crippen molar-refractivity contribution in [1.29, 1.82) is 0 Å². The van der Waals surface area contributed by atoms with Crippen LogP contribution < -0.4 is 5.32 Å². The van der Waals surface area contributed by atoms with Gasteiger partial charge in [-0.2, -0.15) is 0 Å². The molecule has 5 aromatic rings. The summed E-state index contributed by atoms with van der Waals surface area (Å²) in [4.78, 5) is 4.81. The van der Waals surface area contributed by atoms with Crippen molar-refractivity contribution in [2.75, 3.05) is 5.32 Å². The topological polar surface area (TPSA) is 50.7 Å². The zero-order valence-electron chi connectivity index (χ0n) is 19.0. The van der Waals surface area contributed by atoms with E-state index in [9.17, 15) is 0 Å². The lowest BCUT2D eigenvalue weighted by atomic mass is 9.90. The van der Waals surface area contributed by atoms with Crippen LogP contribution >= 0.6 is 22.9 Å². The molecular weight excluding hydrogens is 472 g/mol. The predicted molar refractivity (Wildman–Crippen MR) is 145 cm³/mol. The molecule has 0 fully saturated rings. The summed E-state index contributed by atoms with van der Waals surface area (Å²) < 4.78 is 0. The van der Waals surface area contributed by atoms with Gasteiger partial charge in [-0.25, -0.2) is 4.98 Å². The molecule has 0 bridgehead atoms. The Morgan fingerprint density at radius 1 is 0.743 bits per heavy atom. The monoisotopic (exact) mass is 494 g/mol. The second-order valence-electron chi connectivity index (χ2n) is 8.72. The lowest BCUT2D eigenvalue weighted by Crippen LogP contribution is -2.02. The highest BCUT2D eigenvalue weighted by atomic mass is 35.5. The van der Waals surface area contributed by atoms with Gasteiger partial charge in [0.25, 0.3) is 0 Å². The van der Waals surface area contributed by atoms with Crippen LogP contribution in [0.25, 0.3) is 33.1 Å². The van der Waals surface area contributed by atoms with Crippen molar-refractivity contribution < 1.29 is 0 Å². The minimum atomic E-state index is 0.707. The molecule has 1 aliphatic carbocycles. The normalized spacial score (nSPS) is 12.8. The highest BCUT2D eigenvalue weighted by Crippen LogP contribution is 2.34. The van der Waals surface area contributed by atoms with Gasteiger partial charge in [-0.15, -0.1) is 21.5 Å². The zero-order valence-corrected chi connectivity index (χ0v) is 20.6. The largest absolute Gasteiger partial charge is 0.339 e. The summed E-state index contributed by atoms with van der Waals surface area (Å²) >= 11 is 7.95. The summed E-state index contributed by atoms with van der Waals surface area (Å²) in [7, 11) is 0. The maximum absolute atomic E-state index is 6.35. The molecule has 4 nitrogen and oxygen atoms in total. The minimum Gasteiger partial charge on any atom is -0.339 e. The van der Waals surface area contributed by atoms with Crippen molar-refractivity contribution in [1.82, 2.24) is 15.2 Å². The van der Waals surface area contributed by atoms with E-state index in [2.05, 4.69) is 51.2 Å². The highest BCUT2D eigenvalue weighted by Gasteiger charge is 2.12. The fourth-order valence-electron chi connectivity index (χ4n) is 4.51. The molecule has 2 aromatic heterocycles. The molecule has 0 spiro atoms. The van der Waals surface area contributed by atoms with Gasteiger partial charge in [0.05, 0.1) is 16.4 Å². The van der Waals surface area contributed by atoms with Crippen LogP contribution in [-0.4, -0.2) is 15.2 Å². The van der Waals surface area contributed by atoms with Crippen molar-refractivity contribution in [3.8, 4) is 33.1 Å². The number of hydrogen-bond donors (Lipinski definition) is 1. The van der Waals surface area contributed by atoms with Gasteiger partial charge in [-0.1, -0.05) is 54.1 Å². The highest BCUT2D eigenvalue weighted by molar-refractivity contribution is 7.13. The van der Waals surface area contributed by atoms with Gasteiger partial charge >= 0.3 is 0 Å². The van der Waals surface area contributed by atoms with Gasteiger partial charge in [0.1, 0.15) is 5.01 Å². The van der Waals surface area contributed by atoms with E-state index in [-0.39, 0.29) is 0 Å². The van der Waals surface area contributed by atoms with Crippen molar-refractivity contribution >= 4 is 34.4 Å². The number of nitrogens with zero attached hydrogens (tertiary/aromatic N) is 3. The fraction of sp³-hybridized carbons (Fsp3) is 0.138. The molecule has 0 saturated heterocycles. The van der Waals surface area contributed by atoms with Gasteiger partial charge in [0.2, 0.25) is 0 Å². The first kappa shape index (κ1) is 22.0. The fourth-order valence-corrected chi connectivity index (χ4v) is 5.66. The van der Waals surface area contributed by atoms with Gasteiger partial charge in [0.15, 0.2) is 5.82 Å². The van der Waals surface area contributed by atoms with E-state index in [0.717, 1.165) is 45.2 Å². The lowest BCUT2D eigenvalue weighted by Gasteiger charge is -2.16. The third-order valence-electron chi connectivity index (χ3n) is 6.35. The second kappa shape index (κ2) is 9.61. The summed E-state index contributed by atoms with van der Waals surface area (Å²) in [5, 5.41) is 16.0. The number of aromatic nitrogens is 3. The number of fused-ring (bicyclic) bond motifs is 1. The van der Waals surface area contributed by atoms with Crippen LogP contribution in [0.1, 0.15) is 24.0 Å². The third-order valence-corrected chi connectivity index (χ3v) is 7.55. The number of nitrogens with one attached hydrogen (secondary N) is 1. The van der Waals surface area contributed by atoms with Crippen LogP contribution in [0.3, 0.4) is 0 Å². The molecule has 0 aliphatic heterocycles. The van der Waals surface area contributed by atoms with Gasteiger partial charge in [0, 0.05) is 27.8 Å². The Kier molecular flexibility index (Phi) is 6.03. The smallest absolute Gasteiger partial charge is 0.153 e. The van der Waals surface area contributed by atoms with E-state index in [1.165, 1.54) is 30.4 Å². The number of halogens is 1. The third kappa shape index (κ3) is 4.70. The van der Waals surface area contributed by atoms with E-state index < -0.39 is 0 Å². The molecule has 172 valence electrons. The molecule has 1 aliphatic rings. The summed E-state index contributed by atoms with van der Waals surface area (Å²) in [5.74, 6) is 0.707. The van der Waals surface area contributed by atoms with E-state index in [0.29, 0.717) is 10.8 Å². The van der Waals surface area contributed by atoms with Crippen LogP contribution in [0.2, 0.25) is 5.02 Å². The second-order valence-corrected chi connectivity index (χ2v) is 9.98. The van der Waals surface area contributed by atoms with E-state index in [1.54, 1.807) is 11.3 Å². The van der Waals surface area contributed by atoms with Crippen molar-refractivity contribution in [3.05, 3.63) is 100 Å². The molecule has 1 N–H and O–H groups in total. The Morgan fingerprint density at radius 3 is 2.46 bits per heavy atom. The maximum atomic E-state index is 6.35. The Labute approximate surface area is 213 Å². The molecule has 0 amide bonds. The SMILES string of the molecule is Clc1ccccc1-c1nc(-c2cccc(Nc3ccc(-c4ccc5c(c4)CCCC5)nn3)c2)cs1. The molecule has 6 heteroatoms. The van der Waals surface area contributed by atoms with Crippen LogP contribution in [0.4, 0.5) is 11.5 Å². The van der Waals surface area contributed by atoms with Crippen LogP contribution in [0, 0.1) is 0 Å². The summed E-state index contributed by atoms with van der Waals surface area (Å²) in [6.07, 6.45) is 4.90. The molecular formula is C29H23ClN4S. The number of rotatable bonds is 5.